The number of anilines is 1. The molecule has 19 heavy (non-hydrogen) atoms. The highest BCUT2D eigenvalue weighted by Crippen LogP contribution is 2.17. The minimum atomic E-state index is 0.760. The third-order valence-electron chi connectivity index (χ3n) is 3.92. The molecule has 1 aromatic heterocycles. The largest absolute Gasteiger partial charge is 0.355 e. The Labute approximate surface area is 117 Å². The van der Waals surface area contributed by atoms with E-state index in [0.717, 1.165) is 30.6 Å². The van der Waals surface area contributed by atoms with Gasteiger partial charge in [0.1, 0.15) is 0 Å². The van der Waals surface area contributed by atoms with Gasteiger partial charge in [0.15, 0.2) is 0 Å². The maximum Gasteiger partial charge on any atom is 0.203 e. The number of likely N-dealkylation sites (tertiary alicyclic amines) is 1. The van der Waals surface area contributed by atoms with Crippen molar-refractivity contribution < 1.29 is 0 Å². The molecule has 1 aliphatic rings. The molecule has 1 saturated heterocycles. The molecular weight excluding hydrogens is 236 g/mol. The second-order valence-electron chi connectivity index (χ2n) is 5.90. The molecule has 0 aliphatic carbocycles. The van der Waals surface area contributed by atoms with E-state index >= 15 is 0 Å². The molecule has 1 aliphatic heterocycles. The minimum Gasteiger partial charge on any atom is -0.355 e. The Hall–Kier alpha value is -1.03. The van der Waals surface area contributed by atoms with Gasteiger partial charge in [-0.2, -0.15) is 0 Å². The molecule has 2 heterocycles. The summed E-state index contributed by atoms with van der Waals surface area (Å²) < 4.78 is 2.27. The SMILES string of the molecule is CCCCn1cc(C)nc1NCC1CCCN(C)C1. The van der Waals surface area contributed by atoms with Crippen LogP contribution in [0.3, 0.4) is 0 Å². The molecule has 2 rings (SSSR count). The van der Waals surface area contributed by atoms with Gasteiger partial charge < -0.3 is 14.8 Å². The zero-order valence-electron chi connectivity index (χ0n) is 12.7. The molecule has 1 N–H and O–H groups in total. The van der Waals surface area contributed by atoms with Crippen LogP contribution in [0.2, 0.25) is 0 Å². The lowest BCUT2D eigenvalue weighted by Gasteiger charge is -2.29. The fraction of sp³-hybridized carbons (Fsp3) is 0.800. The molecule has 1 unspecified atom stereocenters. The highest BCUT2D eigenvalue weighted by Gasteiger charge is 2.17. The molecule has 4 heteroatoms. The summed E-state index contributed by atoms with van der Waals surface area (Å²) in [4.78, 5) is 7.04. The fourth-order valence-corrected chi connectivity index (χ4v) is 2.86. The Balaban J connectivity index is 1.87. The van der Waals surface area contributed by atoms with Gasteiger partial charge in [-0.3, -0.25) is 0 Å². The second kappa shape index (κ2) is 6.94. The van der Waals surface area contributed by atoms with Crippen molar-refractivity contribution in [3.05, 3.63) is 11.9 Å². The van der Waals surface area contributed by atoms with Crippen LogP contribution in [0, 0.1) is 12.8 Å². The molecule has 108 valence electrons. The number of nitrogens with one attached hydrogen (secondary N) is 1. The average Bonchev–Trinajstić information content (AvgIpc) is 2.74. The van der Waals surface area contributed by atoms with Crippen LogP contribution in [0.4, 0.5) is 5.95 Å². The average molecular weight is 264 g/mol. The van der Waals surface area contributed by atoms with E-state index in [2.05, 4.69) is 46.9 Å². The van der Waals surface area contributed by atoms with Crippen LogP contribution in [0.1, 0.15) is 38.3 Å². The maximum absolute atomic E-state index is 4.61. The Bertz CT molecular complexity index is 385. The predicted octanol–water partition coefficient (Wildman–Crippen LogP) is 2.75. The molecule has 0 aromatic carbocycles. The van der Waals surface area contributed by atoms with Crippen LogP contribution >= 0.6 is 0 Å². The Morgan fingerprint density at radius 2 is 2.32 bits per heavy atom. The van der Waals surface area contributed by atoms with Crippen LogP contribution in [-0.2, 0) is 6.54 Å². The van der Waals surface area contributed by atoms with E-state index in [1.807, 2.05) is 0 Å². The summed E-state index contributed by atoms with van der Waals surface area (Å²) >= 11 is 0. The highest BCUT2D eigenvalue weighted by molar-refractivity contribution is 5.28. The summed E-state index contributed by atoms with van der Waals surface area (Å²) in [5.41, 5.74) is 1.11. The number of rotatable bonds is 6. The summed E-state index contributed by atoms with van der Waals surface area (Å²) in [5.74, 6) is 1.81. The van der Waals surface area contributed by atoms with Crippen molar-refractivity contribution in [2.75, 3.05) is 32.0 Å². The Morgan fingerprint density at radius 1 is 1.47 bits per heavy atom. The molecule has 0 radical (unpaired) electrons. The number of aryl methyl sites for hydroxylation is 2. The number of unbranched alkanes of at least 4 members (excludes halogenated alkanes) is 1. The number of hydrogen-bond acceptors (Lipinski definition) is 3. The first-order valence-corrected chi connectivity index (χ1v) is 7.65. The number of hydrogen-bond donors (Lipinski definition) is 1. The van der Waals surface area contributed by atoms with Crippen molar-refractivity contribution in [2.24, 2.45) is 5.92 Å². The number of piperidine rings is 1. The molecule has 0 spiro atoms. The van der Waals surface area contributed by atoms with Gasteiger partial charge in [0.2, 0.25) is 5.95 Å². The number of imidazole rings is 1. The van der Waals surface area contributed by atoms with E-state index in [4.69, 9.17) is 0 Å². The molecule has 0 bridgehead atoms. The molecule has 0 amide bonds. The lowest BCUT2D eigenvalue weighted by atomic mass is 9.99. The van der Waals surface area contributed by atoms with E-state index in [1.54, 1.807) is 0 Å². The van der Waals surface area contributed by atoms with Gasteiger partial charge in [-0.05, 0) is 45.7 Å². The van der Waals surface area contributed by atoms with E-state index in [1.165, 1.54) is 38.8 Å². The smallest absolute Gasteiger partial charge is 0.203 e. The maximum atomic E-state index is 4.61. The normalized spacial score (nSPS) is 20.7. The first kappa shape index (κ1) is 14.4. The minimum absolute atomic E-state index is 0.760. The lowest BCUT2D eigenvalue weighted by Crippen LogP contribution is -2.35. The van der Waals surface area contributed by atoms with E-state index in [0.29, 0.717) is 0 Å². The fourth-order valence-electron chi connectivity index (χ4n) is 2.86. The third-order valence-corrected chi connectivity index (χ3v) is 3.92. The molecule has 1 atom stereocenters. The summed E-state index contributed by atoms with van der Waals surface area (Å²) in [6, 6.07) is 0. The summed E-state index contributed by atoms with van der Waals surface area (Å²) in [7, 11) is 2.22. The standard InChI is InChI=1S/C15H28N4/c1-4-5-9-19-11-13(2)17-15(19)16-10-14-7-6-8-18(3)12-14/h11,14H,4-10,12H2,1-3H3,(H,16,17). The van der Waals surface area contributed by atoms with Gasteiger partial charge in [0.05, 0.1) is 5.69 Å². The number of aromatic nitrogens is 2. The topological polar surface area (TPSA) is 33.1 Å². The zero-order chi connectivity index (χ0) is 13.7. The highest BCUT2D eigenvalue weighted by atomic mass is 15.2. The second-order valence-corrected chi connectivity index (χ2v) is 5.90. The van der Waals surface area contributed by atoms with Gasteiger partial charge in [0, 0.05) is 25.8 Å². The van der Waals surface area contributed by atoms with Gasteiger partial charge in [-0.15, -0.1) is 0 Å². The van der Waals surface area contributed by atoms with Gasteiger partial charge in [0.25, 0.3) is 0 Å². The van der Waals surface area contributed by atoms with Crippen LogP contribution in [-0.4, -0.2) is 41.1 Å². The van der Waals surface area contributed by atoms with Crippen LogP contribution in [0.5, 0.6) is 0 Å². The quantitative estimate of drug-likeness (QED) is 0.857. The van der Waals surface area contributed by atoms with Crippen molar-refractivity contribution in [1.82, 2.24) is 14.5 Å². The summed E-state index contributed by atoms with van der Waals surface area (Å²) in [6.07, 6.45) is 7.27. The van der Waals surface area contributed by atoms with E-state index in [-0.39, 0.29) is 0 Å². The molecule has 1 aromatic rings. The van der Waals surface area contributed by atoms with Crippen molar-refractivity contribution in [3.8, 4) is 0 Å². The van der Waals surface area contributed by atoms with E-state index in [9.17, 15) is 0 Å². The third kappa shape index (κ3) is 4.23. The monoisotopic (exact) mass is 264 g/mol. The molecule has 1 fully saturated rings. The van der Waals surface area contributed by atoms with Crippen molar-refractivity contribution >= 4 is 5.95 Å². The van der Waals surface area contributed by atoms with Gasteiger partial charge in [-0.1, -0.05) is 13.3 Å². The lowest BCUT2D eigenvalue weighted by molar-refractivity contribution is 0.217. The first-order chi connectivity index (χ1) is 9.19. The van der Waals surface area contributed by atoms with E-state index < -0.39 is 0 Å². The van der Waals surface area contributed by atoms with Crippen LogP contribution < -0.4 is 5.32 Å². The van der Waals surface area contributed by atoms with Crippen molar-refractivity contribution in [2.45, 2.75) is 46.1 Å². The summed E-state index contributed by atoms with van der Waals surface area (Å²) in [6.45, 7) is 8.89. The van der Waals surface area contributed by atoms with Crippen molar-refractivity contribution in [3.63, 3.8) is 0 Å². The Kier molecular flexibility index (Phi) is 5.25. The predicted molar refractivity (Wildman–Crippen MR) is 80.6 cm³/mol. The first-order valence-electron chi connectivity index (χ1n) is 7.65. The Morgan fingerprint density at radius 3 is 3.05 bits per heavy atom. The van der Waals surface area contributed by atoms with Crippen LogP contribution in [0.15, 0.2) is 6.20 Å². The van der Waals surface area contributed by atoms with Gasteiger partial charge in [-0.25, -0.2) is 4.98 Å². The molecular formula is C15H28N4. The molecule has 4 nitrogen and oxygen atoms in total. The van der Waals surface area contributed by atoms with Crippen molar-refractivity contribution in [1.29, 1.82) is 0 Å². The molecule has 0 saturated carbocycles. The zero-order valence-corrected chi connectivity index (χ0v) is 12.7. The van der Waals surface area contributed by atoms with Crippen LogP contribution in [0.25, 0.3) is 0 Å². The summed E-state index contributed by atoms with van der Waals surface area (Å²) in [5, 5.41) is 3.56. The number of nitrogens with zero attached hydrogens (tertiary/aromatic N) is 3. The van der Waals surface area contributed by atoms with Gasteiger partial charge >= 0.3 is 0 Å².